The van der Waals surface area contributed by atoms with Crippen molar-refractivity contribution < 1.29 is 0 Å². The van der Waals surface area contributed by atoms with Gasteiger partial charge in [0.1, 0.15) is 11.6 Å². The van der Waals surface area contributed by atoms with Crippen molar-refractivity contribution in [3.8, 4) is 0 Å². The van der Waals surface area contributed by atoms with Crippen LogP contribution in [0.25, 0.3) is 0 Å². The molecule has 0 spiro atoms. The van der Waals surface area contributed by atoms with Crippen molar-refractivity contribution in [2.24, 2.45) is 0 Å². The monoisotopic (exact) mass is 309 g/mol. The first-order valence-electron chi connectivity index (χ1n) is 6.58. The van der Waals surface area contributed by atoms with Crippen molar-refractivity contribution in [1.29, 1.82) is 0 Å². The maximum atomic E-state index is 6.16. The summed E-state index contributed by atoms with van der Waals surface area (Å²) in [7, 11) is 0. The summed E-state index contributed by atoms with van der Waals surface area (Å²) < 4.78 is 0. The van der Waals surface area contributed by atoms with Gasteiger partial charge in [0.15, 0.2) is 0 Å². The van der Waals surface area contributed by atoms with E-state index in [2.05, 4.69) is 22.5 Å². The zero-order chi connectivity index (χ0) is 14.4. The molecule has 0 aliphatic carbocycles. The maximum absolute atomic E-state index is 6.16. The van der Waals surface area contributed by atoms with Crippen LogP contribution in [0.4, 0.5) is 11.6 Å². The van der Waals surface area contributed by atoms with Crippen molar-refractivity contribution in [1.82, 2.24) is 4.98 Å². The first kappa shape index (κ1) is 14.9. The molecule has 1 aromatic carbocycles. The van der Waals surface area contributed by atoms with E-state index >= 15 is 0 Å². The molecule has 20 heavy (non-hydrogen) atoms. The first-order valence-corrected chi connectivity index (χ1v) is 7.34. The second-order valence-corrected chi connectivity index (χ2v) is 5.23. The Bertz CT molecular complexity index is 559. The molecule has 3 nitrogen and oxygen atoms in total. The summed E-state index contributed by atoms with van der Waals surface area (Å²) in [6.07, 6.45) is 1.01. The van der Waals surface area contributed by atoms with Gasteiger partial charge in [-0.05, 0) is 18.1 Å². The molecule has 0 radical (unpaired) electrons. The predicted octanol–water partition coefficient (Wildman–Crippen LogP) is 4.82. The molecular formula is C15H17Cl2N3. The highest BCUT2D eigenvalue weighted by Gasteiger charge is 2.08. The van der Waals surface area contributed by atoms with E-state index in [-0.39, 0.29) is 0 Å². The van der Waals surface area contributed by atoms with Gasteiger partial charge in [-0.2, -0.15) is 0 Å². The minimum atomic E-state index is 0.521. The SMILES string of the molecule is CCCNc1nc(NCc2ccccc2)c(Cl)cc1Cl. The van der Waals surface area contributed by atoms with Crippen LogP contribution in [0.5, 0.6) is 0 Å². The fraction of sp³-hybridized carbons (Fsp3) is 0.267. The molecule has 0 unspecified atom stereocenters. The molecule has 106 valence electrons. The normalized spacial score (nSPS) is 10.3. The number of pyridine rings is 1. The molecule has 0 amide bonds. The summed E-state index contributed by atoms with van der Waals surface area (Å²) in [6.45, 7) is 3.58. The zero-order valence-electron chi connectivity index (χ0n) is 11.3. The van der Waals surface area contributed by atoms with Crippen LogP contribution in [0.15, 0.2) is 36.4 Å². The van der Waals surface area contributed by atoms with Crippen molar-refractivity contribution >= 4 is 34.8 Å². The van der Waals surface area contributed by atoms with Crippen molar-refractivity contribution in [2.75, 3.05) is 17.2 Å². The number of hydrogen-bond donors (Lipinski definition) is 2. The molecule has 0 aliphatic rings. The molecule has 0 atom stereocenters. The van der Waals surface area contributed by atoms with Crippen molar-refractivity contribution in [2.45, 2.75) is 19.9 Å². The van der Waals surface area contributed by atoms with Gasteiger partial charge in [0.05, 0.1) is 10.0 Å². The highest BCUT2D eigenvalue weighted by atomic mass is 35.5. The van der Waals surface area contributed by atoms with E-state index in [4.69, 9.17) is 23.2 Å². The highest BCUT2D eigenvalue weighted by Crippen LogP contribution is 2.29. The molecular weight excluding hydrogens is 293 g/mol. The Labute approximate surface area is 129 Å². The third kappa shape index (κ3) is 4.02. The van der Waals surface area contributed by atoms with E-state index < -0.39 is 0 Å². The van der Waals surface area contributed by atoms with Crippen LogP contribution in [0.3, 0.4) is 0 Å². The Morgan fingerprint density at radius 1 is 1.00 bits per heavy atom. The van der Waals surface area contributed by atoms with E-state index in [1.807, 2.05) is 30.3 Å². The predicted molar refractivity (Wildman–Crippen MR) is 86.8 cm³/mol. The lowest BCUT2D eigenvalue weighted by Gasteiger charge is -2.12. The minimum Gasteiger partial charge on any atom is -0.369 e. The quantitative estimate of drug-likeness (QED) is 0.803. The smallest absolute Gasteiger partial charge is 0.147 e. The number of hydrogen-bond acceptors (Lipinski definition) is 3. The number of aromatic nitrogens is 1. The lowest BCUT2D eigenvalue weighted by atomic mass is 10.2. The number of benzene rings is 1. The average molecular weight is 310 g/mol. The van der Waals surface area contributed by atoms with Crippen molar-refractivity contribution in [3.05, 3.63) is 52.0 Å². The molecule has 1 aromatic heterocycles. The zero-order valence-corrected chi connectivity index (χ0v) is 12.8. The topological polar surface area (TPSA) is 37.0 Å². The van der Waals surface area contributed by atoms with Crippen LogP contribution >= 0.6 is 23.2 Å². The summed E-state index contributed by atoms with van der Waals surface area (Å²) in [6, 6.07) is 11.8. The number of halogens is 2. The van der Waals surface area contributed by atoms with E-state index in [9.17, 15) is 0 Å². The van der Waals surface area contributed by atoms with Gasteiger partial charge in [-0.15, -0.1) is 0 Å². The van der Waals surface area contributed by atoms with Gasteiger partial charge in [0.2, 0.25) is 0 Å². The van der Waals surface area contributed by atoms with E-state index in [0.29, 0.717) is 28.2 Å². The van der Waals surface area contributed by atoms with Gasteiger partial charge in [-0.25, -0.2) is 4.98 Å². The third-order valence-electron chi connectivity index (χ3n) is 2.77. The van der Waals surface area contributed by atoms with Gasteiger partial charge in [-0.1, -0.05) is 60.5 Å². The van der Waals surface area contributed by atoms with Gasteiger partial charge >= 0.3 is 0 Å². The lowest BCUT2D eigenvalue weighted by molar-refractivity contribution is 0.968. The minimum absolute atomic E-state index is 0.521. The van der Waals surface area contributed by atoms with Crippen LogP contribution < -0.4 is 10.6 Å². The highest BCUT2D eigenvalue weighted by molar-refractivity contribution is 6.37. The van der Waals surface area contributed by atoms with Crippen LogP contribution in [-0.4, -0.2) is 11.5 Å². The Kier molecular flexibility index (Phi) is 5.50. The summed E-state index contributed by atoms with van der Waals surface area (Å²) >= 11 is 12.3. The summed E-state index contributed by atoms with van der Waals surface area (Å²) in [4.78, 5) is 4.44. The van der Waals surface area contributed by atoms with Gasteiger partial charge in [0, 0.05) is 13.1 Å². The van der Waals surface area contributed by atoms with E-state index in [1.54, 1.807) is 6.07 Å². The number of nitrogens with one attached hydrogen (secondary N) is 2. The van der Waals surface area contributed by atoms with Crippen molar-refractivity contribution in [3.63, 3.8) is 0 Å². The third-order valence-corrected chi connectivity index (χ3v) is 3.35. The molecule has 0 saturated carbocycles. The molecule has 1 heterocycles. The first-order chi connectivity index (χ1) is 9.70. The molecule has 2 aromatic rings. The number of anilines is 2. The fourth-order valence-electron chi connectivity index (χ4n) is 1.74. The Morgan fingerprint density at radius 3 is 2.30 bits per heavy atom. The largest absolute Gasteiger partial charge is 0.369 e. The Balaban J connectivity index is 2.10. The number of rotatable bonds is 6. The lowest BCUT2D eigenvalue weighted by Crippen LogP contribution is -2.07. The van der Waals surface area contributed by atoms with Gasteiger partial charge < -0.3 is 10.6 Å². The second kappa shape index (κ2) is 7.36. The Hall–Kier alpha value is -1.45. The standard InChI is InChI=1S/C15H17Cl2N3/c1-2-8-18-14-12(16)9-13(17)15(20-14)19-10-11-6-4-3-5-7-11/h3-7,9H,2,8,10H2,1H3,(H2,18,19,20). The van der Waals surface area contributed by atoms with E-state index in [0.717, 1.165) is 13.0 Å². The summed E-state index contributed by atoms with van der Waals surface area (Å²) in [5, 5.41) is 7.48. The molecule has 2 rings (SSSR count). The van der Waals surface area contributed by atoms with Crippen LogP contribution in [0.1, 0.15) is 18.9 Å². The molecule has 0 bridgehead atoms. The molecule has 0 saturated heterocycles. The van der Waals surface area contributed by atoms with E-state index in [1.165, 1.54) is 5.56 Å². The molecule has 0 fully saturated rings. The summed E-state index contributed by atoms with van der Waals surface area (Å²) in [5.41, 5.74) is 1.17. The molecule has 2 N–H and O–H groups in total. The molecule has 0 aliphatic heterocycles. The Morgan fingerprint density at radius 2 is 1.65 bits per heavy atom. The summed E-state index contributed by atoms with van der Waals surface area (Å²) in [5.74, 6) is 1.30. The molecule has 5 heteroatoms. The fourth-order valence-corrected chi connectivity index (χ4v) is 2.23. The van der Waals surface area contributed by atoms with Crippen LogP contribution in [-0.2, 0) is 6.54 Å². The van der Waals surface area contributed by atoms with Gasteiger partial charge in [0.25, 0.3) is 0 Å². The van der Waals surface area contributed by atoms with Crippen LogP contribution in [0, 0.1) is 0 Å². The number of nitrogens with zero attached hydrogens (tertiary/aromatic N) is 1. The maximum Gasteiger partial charge on any atom is 0.147 e. The van der Waals surface area contributed by atoms with Crippen LogP contribution in [0.2, 0.25) is 10.0 Å². The second-order valence-electron chi connectivity index (χ2n) is 4.42. The average Bonchev–Trinajstić information content (AvgIpc) is 2.46. The van der Waals surface area contributed by atoms with Gasteiger partial charge in [-0.3, -0.25) is 0 Å².